The SMILES string of the molecule is C=C(CN=C1NC(=O)N(CCCn2ccnc2)C1c1ccc(O)cc1)N1CCc2ccccc2C1. The van der Waals surface area contributed by atoms with Gasteiger partial charge in [-0.25, -0.2) is 9.78 Å². The van der Waals surface area contributed by atoms with Crippen LogP contribution in [-0.2, 0) is 19.5 Å². The van der Waals surface area contributed by atoms with Crippen LogP contribution in [0.25, 0.3) is 0 Å². The Bertz CT molecular complexity index is 1220. The van der Waals surface area contributed by atoms with E-state index in [2.05, 4.69) is 46.0 Å². The Morgan fingerprint density at radius 3 is 2.71 bits per heavy atom. The number of rotatable bonds is 8. The van der Waals surface area contributed by atoms with Gasteiger partial charge in [-0.2, -0.15) is 0 Å². The third-order valence-electron chi connectivity index (χ3n) is 6.66. The number of aromatic hydroxyl groups is 1. The van der Waals surface area contributed by atoms with Gasteiger partial charge < -0.3 is 19.5 Å². The Kier molecular flexibility index (Phi) is 6.52. The number of phenolic OH excluding ortho intramolecular Hbond substituents is 1. The van der Waals surface area contributed by atoms with E-state index in [9.17, 15) is 9.90 Å². The minimum Gasteiger partial charge on any atom is -0.508 e. The summed E-state index contributed by atoms with van der Waals surface area (Å²) in [5.74, 6) is 0.803. The highest BCUT2D eigenvalue weighted by Crippen LogP contribution is 2.29. The molecular formula is C27H30N6O2. The third-order valence-corrected chi connectivity index (χ3v) is 6.66. The maximum atomic E-state index is 12.9. The van der Waals surface area contributed by atoms with E-state index in [1.54, 1.807) is 24.7 Å². The first-order chi connectivity index (χ1) is 17.1. The zero-order valence-corrected chi connectivity index (χ0v) is 19.7. The van der Waals surface area contributed by atoms with E-state index in [0.29, 0.717) is 18.9 Å². The molecule has 1 aromatic heterocycles. The summed E-state index contributed by atoms with van der Waals surface area (Å²) in [6.07, 6.45) is 7.22. The van der Waals surface area contributed by atoms with Crippen molar-refractivity contribution in [2.75, 3.05) is 19.6 Å². The molecule has 3 heterocycles. The molecule has 2 amide bonds. The summed E-state index contributed by atoms with van der Waals surface area (Å²) in [5, 5.41) is 12.7. The van der Waals surface area contributed by atoms with Crippen LogP contribution < -0.4 is 5.32 Å². The molecule has 2 N–H and O–H groups in total. The molecule has 1 fully saturated rings. The molecule has 0 spiro atoms. The van der Waals surface area contributed by atoms with Crippen molar-refractivity contribution >= 4 is 11.9 Å². The number of carbonyl (C=O) groups excluding carboxylic acids is 1. The second-order valence-corrected chi connectivity index (χ2v) is 8.98. The zero-order chi connectivity index (χ0) is 24.2. The van der Waals surface area contributed by atoms with Crippen LogP contribution in [0.15, 0.2) is 84.5 Å². The Morgan fingerprint density at radius 2 is 1.94 bits per heavy atom. The molecule has 1 saturated heterocycles. The number of hydrogen-bond donors (Lipinski definition) is 2. The van der Waals surface area contributed by atoms with Crippen LogP contribution in [0.5, 0.6) is 5.75 Å². The Morgan fingerprint density at radius 1 is 1.14 bits per heavy atom. The number of hydrogen-bond acceptors (Lipinski definition) is 5. The van der Waals surface area contributed by atoms with Gasteiger partial charge in [0.2, 0.25) is 0 Å². The second kappa shape index (κ2) is 10.0. The fourth-order valence-corrected chi connectivity index (χ4v) is 4.75. The van der Waals surface area contributed by atoms with Gasteiger partial charge in [0.25, 0.3) is 0 Å². The molecule has 0 radical (unpaired) electrons. The summed E-state index contributed by atoms with van der Waals surface area (Å²) in [6.45, 7) is 7.78. The number of nitrogens with one attached hydrogen (secondary N) is 1. The predicted octanol–water partition coefficient (Wildman–Crippen LogP) is 3.72. The standard InChI is InChI=1S/C27H30N6O2/c1-20(32-15-11-21-5-2-3-6-23(21)18-32)17-29-26-25(22-7-9-24(34)10-8-22)33(27(35)30-26)14-4-13-31-16-12-28-19-31/h2-3,5-10,12,16,19,25,34H,1,4,11,13-15,17-18H2,(H,29,30,35). The van der Waals surface area contributed by atoms with Crippen molar-refractivity contribution < 1.29 is 9.90 Å². The molecule has 8 heteroatoms. The van der Waals surface area contributed by atoms with Crippen molar-refractivity contribution in [2.24, 2.45) is 4.99 Å². The number of nitrogens with zero attached hydrogens (tertiary/aromatic N) is 5. The van der Waals surface area contributed by atoms with Crippen LogP contribution in [0, 0.1) is 0 Å². The van der Waals surface area contributed by atoms with E-state index in [1.807, 2.05) is 27.8 Å². The van der Waals surface area contributed by atoms with Crippen molar-refractivity contribution in [1.82, 2.24) is 24.7 Å². The zero-order valence-electron chi connectivity index (χ0n) is 19.7. The molecule has 180 valence electrons. The molecule has 0 aliphatic carbocycles. The highest BCUT2D eigenvalue weighted by molar-refractivity contribution is 6.07. The van der Waals surface area contributed by atoms with Gasteiger partial charge in [-0.3, -0.25) is 10.3 Å². The largest absolute Gasteiger partial charge is 0.508 e. The number of phenols is 1. The maximum absolute atomic E-state index is 12.9. The van der Waals surface area contributed by atoms with Gasteiger partial charge in [-0.1, -0.05) is 43.0 Å². The van der Waals surface area contributed by atoms with E-state index in [-0.39, 0.29) is 17.8 Å². The molecule has 8 nitrogen and oxygen atoms in total. The Labute approximate surface area is 205 Å². The van der Waals surface area contributed by atoms with E-state index >= 15 is 0 Å². The van der Waals surface area contributed by atoms with E-state index < -0.39 is 0 Å². The molecule has 2 aromatic carbocycles. The molecule has 1 unspecified atom stereocenters. The Hall–Kier alpha value is -4.07. The van der Waals surface area contributed by atoms with Crippen molar-refractivity contribution in [3.05, 3.63) is 96.2 Å². The third kappa shape index (κ3) is 5.06. The molecule has 1 atom stereocenters. The fourth-order valence-electron chi connectivity index (χ4n) is 4.75. The number of aromatic nitrogens is 2. The number of aryl methyl sites for hydroxylation is 1. The number of aliphatic imine (C=N–C) groups is 1. The lowest BCUT2D eigenvalue weighted by molar-refractivity contribution is 0.204. The predicted molar refractivity (Wildman–Crippen MR) is 135 cm³/mol. The number of carbonyl (C=O) groups is 1. The number of benzene rings is 2. The number of imidazole rings is 1. The molecule has 35 heavy (non-hydrogen) atoms. The van der Waals surface area contributed by atoms with Crippen molar-refractivity contribution in [3.8, 4) is 5.75 Å². The smallest absolute Gasteiger partial charge is 0.323 e. The van der Waals surface area contributed by atoms with Crippen LogP contribution in [-0.4, -0.2) is 56.0 Å². The summed E-state index contributed by atoms with van der Waals surface area (Å²) >= 11 is 0. The van der Waals surface area contributed by atoms with Gasteiger partial charge in [0.05, 0.1) is 12.9 Å². The monoisotopic (exact) mass is 470 g/mol. The lowest BCUT2D eigenvalue weighted by Gasteiger charge is -2.31. The summed E-state index contributed by atoms with van der Waals surface area (Å²) in [4.78, 5) is 25.9. The summed E-state index contributed by atoms with van der Waals surface area (Å²) < 4.78 is 2.00. The van der Waals surface area contributed by atoms with Crippen molar-refractivity contribution in [2.45, 2.75) is 32.0 Å². The first-order valence-electron chi connectivity index (χ1n) is 11.9. The highest BCUT2D eigenvalue weighted by Gasteiger charge is 2.37. The lowest BCUT2D eigenvalue weighted by atomic mass is 9.99. The molecular weight excluding hydrogens is 440 g/mol. The van der Waals surface area contributed by atoms with Crippen molar-refractivity contribution in [3.63, 3.8) is 0 Å². The van der Waals surface area contributed by atoms with Gasteiger partial charge in [-0.05, 0) is 41.7 Å². The van der Waals surface area contributed by atoms with Crippen LogP contribution in [0.2, 0.25) is 0 Å². The molecule has 3 aromatic rings. The average molecular weight is 471 g/mol. The van der Waals surface area contributed by atoms with Gasteiger partial charge in [0, 0.05) is 44.3 Å². The quantitative estimate of drug-likeness (QED) is 0.526. The van der Waals surface area contributed by atoms with Gasteiger partial charge in [0.15, 0.2) is 0 Å². The van der Waals surface area contributed by atoms with Crippen molar-refractivity contribution in [1.29, 1.82) is 0 Å². The van der Waals surface area contributed by atoms with E-state index in [1.165, 1.54) is 11.1 Å². The van der Waals surface area contributed by atoms with Crippen LogP contribution >= 0.6 is 0 Å². The normalized spacial score (nSPS) is 18.6. The van der Waals surface area contributed by atoms with Crippen LogP contribution in [0.4, 0.5) is 4.79 Å². The topological polar surface area (TPSA) is 86.0 Å². The lowest BCUT2D eigenvalue weighted by Crippen LogP contribution is -2.31. The highest BCUT2D eigenvalue weighted by atomic mass is 16.3. The first-order valence-corrected chi connectivity index (χ1v) is 11.9. The summed E-state index contributed by atoms with van der Waals surface area (Å²) in [7, 11) is 0. The Balaban J connectivity index is 1.31. The number of amidine groups is 1. The number of urea groups is 1. The molecule has 2 aliphatic heterocycles. The second-order valence-electron chi connectivity index (χ2n) is 8.98. The first kappa shape index (κ1) is 22.7. The van der Waals surface area contributed by atoms with E-state index in [0.717, 1.165) is 43.7 Å². The van der Waals surface area contributed by atoms with Gasteiger partial charge in [-0.15, -0.1) is 0 Å². The van der Waals surface area contributed by atoms with Crippen LogP contribution in [0.1, 0.15) is 29.2 Å². The molecule has 0 saturated carbocycles. The van der Waals surface area contributed by atoms with E-state index in [4.69, 9.17) is 4.99 Å². The minimum absolute atomic E-state index is 0.162. The van der Waals surface area contributed by atoms with Crippen LogP contribution in [0.3, 0.4) is 0 Å². The minimum atomic E-state index is -0.333. The summed E-state index contributed by atoms with van der Waals surface area (Å²) in [5.41, 5.74) is 4.56. The summed E-state index contributed by atoms with van der Waals surface area (Å²) in [6, 6.07) is 15.0. The molecule has 2 aliphatic rings. The molecule has 0 bridgehead atoms. The number of amides is 2. The average Bonchev–Trinajstić information content (AvgIpc) is 3.51. The van der Waals surface area contributed by atoms with Gasteiger partial charge in [0.1, 0.15) is 17.6 Å². The number of fused-ring (bicyclic) bond motifs is 1. The van der Waals surface area contributed by atoms with Gasteiger partial charge >= 0.3 is 6.03 Å². The fraction of sp³-hybridized carbons (Fsp3) is 0.296. The molecule has 5 rings (SSSR count). The maximum Gasteiger partial charge on any atom is 0.323 e.